The van der Waals surface area contributed by atoms with E-state index < -0.39 is 34.8 Å². The molecule has 0 aromatic heterocycles. The van der Waals surface area contributed by atoms with Crippen LogP contribution in [0, 0.1) is 16.0 Å². The van der Waals surface area contributed by atoms with Crippen LogP contribution in [0.15, 0.2) is 54.6 Å². The number of amides is 2. The molecule has 0 radical (unpaired) electrons. The molecule has 9 nitrogen and oxygen atoms in total. The van der Waals surface area contributed by atoms with Gasteiger partial charge in [0.2, 0.25) is 5.91 Å². The smallest absolute Gasteiger partial charge is 0.329 e. The van der Waals surface area contributed by atoms with Crippen LogP contribution in [0.5, 0.6) is 0 Å². The summed E-state index contributed by atoms with van der Waals surface area (Å²) in [5, 5.41) is 16.3. The SMILES string of the molecule is CC(C)OC(=O)[C@@H](Cc1ccccc1)NC(=O)[C@H](NC(=O)c1cccc([N+](=O)[O-])c1)C(C)C. The number of nitrogens with zero attached hydrogens (tertiary/aromatic N) is 1. The lowest BCUT2D eigenvalue weighted by atomic mass is 10.0. The van der Waals surface area contributed by atoms with Gasteiger partial charge in [0, 0.05) is 24.1 Å². The van der Waals surface area contributed by atoms with Gasteiger partial charge in [0.15, 0.2) is 0 Å². The van der Waals surface area contributed by atoms with Gasteiger partial charge in [-0.15, -0.1) is 0 Å². The van der Waals surface area contributed by atoms with E-state index in [1.54, 1.807) is 27.7 Å². The van der Waals surface area contributed by atoms with Crippen molar-refractivity contribution >= 4 is 23.5 Å². The van der Waals surface area contributed by atoms with E-state index in [9.17, 15) is 24.5 Å². The summed E-state index contributed by atoms with van der Waals surface area (Å²) in [7, 11) is 0. The van der Waals surface area contributed by atoms with Crippen molar-refractivity contribution in [2.45, 2.75) is 52.3 Å². The van der Waals surface area contributed by atoms with Gasteiger partial charge in [-0.05, 0) is 31.4 Å². The van der Waals surface area contributed by atoms with E-state index in [0.717, 1.165) is 11.6 Å². The van der Waals surface area contributed by atoms with Gasteiger partial charge in [0.25, 0.3) is 11.6 Å². The van der Waals surface area contributed by atoms with Gasteiger partial charge in [0.05, 0.1) is 11.0 Å². The van der Waals surface area contributed by atoms with Crippen LogP contribution in [-0.2, 0) is 20.7 Å². The lowest BCUT2D eigenvalue weighted by Gasteiger charge is -2.25. The van der Waals surface area contributed by atoms with Crippen LogP contribution < -0.4 is 10.6 Å². The number of non-ortho nitro benzene ring substituents is 1. The van der Waals surface area contributed by atoms with Gasteiger partial charge >= 0.3 is 5.97 Å². The quantitative estimate of drug-likeness (QED) is 0.322. The average Bonchev–Trinajstić information content (AvgIpc) is 2.76. The van der Waals surface area contributed by atoms with Crippen LogP contribution in [0.4, 0.5) is 5.69 Å². The maximum atomic E-state index is 13.1. The fourth-order valence-corrected chi connectivity index (χ4v) is 3.14. The number of esters is 1. The summed E-state index contributed by atoms with van der Waals surface area (Å²) in [6.07, 6.45) is -0.135. The van der Waals surface area contributed by atoms with Gasteiger partial charge in [-0.1, -0.05) is 50.2 Å². The molecule has 0 saturated heterocycles. The Hall–Kier alpha value is -3.75. The molecule has 2 aromatic rings. The highest BCUT2D eigenvalue weighted by Gasteiger charge is 2.30. The zero-order chi connectivity index (χ0) is 24.5. The van der Waals surface area contributed by atoms with Gasteiger partial charge in [0.1, 0.15) is 12.1 Å². The van der Waals surface area contributed by atoms with Crippen LogP contribution in [0.2, 0.25) is 0 Å². The monoisotopic (exact) mass is 455 g/mol. The van der Waals surface area contributed by atoms with Crippen molar-refractivity contribution in [2.75, 3.05) is 0 Å². The molecule has 33 heavy (non-hydrogen) atoms. The van der Waals surface area contributed by atoms with E-state index in [4.69, 9.17) is 4.74 Å². The third-order valence-electron chi connectivity index (χ3n) is 4.79. The van der Waals surface area contributed by atoms with Gasteiger partial charge in [-0.3, -0.25) is 19.7 Å². The Kier molecular flexibility index (Phi) is 9.08. The second-order valence-electron chi connectivity index (χ2n) is 8.24. The summed E-state index contributed by atoms with van der Waals surface area (Å²) in [5.41, 5.74) is 0.667. The molecular formula is C24H29N3O6. The van der Waals surface area contributed by atoms with Crippen molar-refractivity contribution < 1.29 is 24.0 Å². The van der Waals surface area contributed by atoms with Crippen molar-refractivity contribution in [3.63, 3.8) is 0 Å². The van der Waals surface area contributed by atoms with Crippen molar-refractivity contribution in [1.82, 2.24) is 10.6 Å². The summed E-state index contributed by atoms with van der Waals surface area (Å²) in [6, 6.07) is 12.5. The molecular weight excluding hydrogens is 426 g/mol. The zero-order valence-electron chi connectivity index (χ0n) is 19.1. The first-order valence-corrected chi connectivity index (χ1v) is 10.7. The molecule has 0 spiro atoms. The molecule has 9 heteroatoms. The Labute approximate surface area is 192 Å². The number of nitrogens with one attached hydrogen (secondary N) is 2. The average molecular weight is 456 g/mol. The zero-order valence-corrected chi connectivity index (χ0v) is 19.1. The minimum absolute atomic E-state index is 0.0581. The number of benzene rings is 2. The van der Waals surface area contributed by atoms with Gasteiger partial charge < -0.3 is 15.4 Å². The second kappa shape index (κ2) is 11.8. The van der Waals surface area contributed by atoms with Crippen molar-refractivity contribution in [1.29, 1.82) is 0 Å². The van der Waals surface area contributed by atoms with E-state index in [1.807, 2.05) is 30.3 Å². The van der Waals surface area contributed by atoms with Gasteiger partial charge in [-0.25, -0.2) is 4.79 Å². The normalized spacial score (nSPS) is 12.7. The Morgan fingerprint density at radius 3 is 2.21 bits per heavy atom. The first-order chi connectivity index (χ1) is 15.6. The molecule has 0 aliphatic heterocycles. The third kappa shape index (κ3) is 7.71. The maximum Gasteiger partial charge on any atom is 0.329 e. The molecule has 176 valence electrons. The molecule has 0 fully saturated rings. The number of hydrogen-bond acceptors (Lipinski definition) is 6. The minimum atomic E-state index is -0.970. The number of carbonyl (C=O) groups is 3. The van der Waals surface area contributed by atoms with E-state index in [1.165, 1.54) is 18.2 Å². The number of nitro benzene ring substituents is 1. The molecule has 0 heterocycles. The summed E-state index contributed by atoms with van der Waals surface area (Å²) >= 11 is 0. The van der Waals surface area contributed by atoms with Crippen LogP contribution in [0.1, 0.15) is 43.6 Å². The van der Waals surface area contributed by atoms with Crippen molar-refractivity contribution in [3.8, 4) is 0 Å². The molecule has 0 aliphatic carbocycles. The second-order valence-corrected chi connectivity index (χ2v) is 8.24. The Bertz CT molecular complexity index is 991. The highest BCUT2D eigenvalue weighted by molar-refractivity contribution is 5.98. The number of hydrogen-bond donors (Lipinski definition) is 2. The van der Waals surface area contributed by atoms with E-state index in [2.05, 4.69) is 10.6 Å². The minimum Gasteiger partial charge on any atom is -0.461 e. The number of carbonyl (C=O) groups excluding carboxylic acids is 3. The van der Waals surface area contributed by atoms with Crippen LogP contribution in [0.3, 0.4) is 0 Å². The Morgan fingerprint density at radius 1 is 0.970 bits per heavy atom. The standard InChI is InChI=1S/C24H29N3O6/c1-15(2)21(26-22(28)18-11-8-12-19(14-18)27(31)32)23(29)25-20(24(30)33-16(3)4)13-17-9-6-5-7-10-17/h5-12,14-16,20-21H,13H2,1-4H3,(H,25,29)(H,26,28)/t20-,21-/m1/s1. The fraction of sp³-hybridized carbons (Fsp3) is 0.375. The molecule has 2 atom stereocenters. The fourth-order valence-electron chi connectivity index (χ4n) is 3.14. The molecule has 0 saturated carbocycles. The van der Waals surface area contributed by atoms with Crippen LogP contribution in [-0.4, -0.2) is 40.9 Å². The van der Waals surface area contributed by atoms with Crippen LogP contribution >= 0.6 is 0 Å². The molecule has 2 amide bonds. The maximum absolute atomic E-state index is 13.1. The first kappa shape index (κ1) is 25.5. The summed E-state index contributed by atoms with van der Waals surface area (Å²) in [5.74, 6) is -2.07. The largest absolute Gasteiger partial charge is 0.461 e. The number of rotatable bonds is 10. The Balaban J connectivity index is 2.19. The molecule has 0 aliphatic rings. The summed E-state index contributed by atoms with van der Waals surface area (Å²) in [4.78, 5) is 48.8. The van der Waals surface area contributed by atoms with E-state index in [0.29, 0.717) is 0 Å². The van der Waals surface area contributed by atoms with E-state index >= 15 is 0 Å². The molecule has 0 bridgehead atoms. The summed E-state index contributed by atoms with van der Waals surface area (Å²) in [6.45, 7) is 6.93. The van der Waals surface area contributed by atoms with Crippen molar-refractivity contribution in [2.24, 2.45) is 5.92 Å². The Morgan fingerprint density at radius 2 is 1.64 bits per heavy atom. The van der Waals surface area contributed by atoms with Crippen LogP contribution in [0.25, 0.3) is 0 Å². The third-order valence-corrected chi connectivity index (χ3v) is 4.79. The molecule has 2 rings (SSSR count). The number of nitro groups is 1. The summed E-state index contributed by atoms with van der Waals surface area (Å²) < 4.78 is 5.31. The first-order valence-electron chi connectivity index (χ1n) is 10.7. The highest BCUT2D eigenvalue weighted by Crippen LogP contribution is 2.14. The lowest BCUT2D eigenvalue weighted by molar-refractivity contribution is -0.384. The molecule has 0 unspecified atom stereocenters. The molecule has 2 N–H and O–H groups in total. The predicted molar refractivity (Wildman–Crippen MR) is 122 cm³/mol. The molecule has 2 aromatic carbocycles. The lowest BCUT2D eigenvalue weighted by Crippen LogP contribution is -2.54. The highest BCUT2D eigenvalue weighted by atomic mass is 16.6. The predicted octanol–water partition coefficient (Wildman–Crippen LogP) is 3.03. The number of ether oxygens (including phenoxy) is 1. The van der Waals surface area contributed by atoms with Gasteiger partial charge in [-0.2, -0.15) is 0 Å². The van der Waals surface area contributed by atoms with E-state index in [-0.39, 0.29) is 29.7 Å². The topological polar surface area (TPSA) is 128 Å². The van der Waals surface area contributed by atoms with Crippen molar-refractivity contribution in [3.05, 3.63) is 75.8 Å².